The predicted octanol–water partition coefficient (Wildman–Crippen LogP) is 2.91. The number of nitrogens with one attached hydrogen (secondary N) is 2. The number of carbonyl (C=O) groups is 2. The lowest BCUT2D eigenvalue weighted by Crippen LogP contribution is -2.27. The van der Waals surface area contributed by atoms with Gasteiger partial charge in [-0.3, -0.25) is 9.59 Å². The third-order valence-electron chi connectivity index (χ3n) is 2.87. The van der Waals surface area contributed by atoms with Gasteiger partial charge in [-0.15, -0.1) is 0 Å². The highest BCUT2D eigenvalue weighted by molar-refractivity contribution is 7.08. The number of hydrogen-bond acceptors (Lipinski definition) is 4. The maximum atomic E-state index is 11.8. The average molecular weight is 318 g/mol. The summed E-state index contributed by atoms with van der Waals surface area (Å²) in [6.07, 6.45) is 0.225. The van der Waals surface area contributed by atoms with Crippen LogP contribution >= 0.6 is 11.3 Å². The lowest BCUT2D eigenvalue weighted by molar-refractivity contribution is -0.116. The lowest BCUT2D eigenvalue weighted by Gasteiger charge is -2.07. The van der Waals surface area contributed by atoms with Crippen molar-refractivity contribution < 1.29 is 14.3 Å². The van der Waals surface area contributed by atoms with Gasteiger partial charge in [0.05, 0.1) is 6.61 Å². The van der Waals surface area contributed by atoms with Crippen LogP contribution in [0.1, 0.15) is 23.7 Å². The van der Waals surface area contributed by atoms with Gasteiger partial charge in [-0.1, -0.05) is 0 Å². The second kappa shape index (κ2) is 8.19. The van der Waals surface area contributed by atoms with Crippen LogP contribution in [0.4, 0.5) is 5.69 Å². The van der Waals surface area contributed by atoms with Crippen LogP contribution in [0.25, 0.3) is 0 Å². The van der Waals surface area contributed by atoms with E-state index in [2.05, 4.69) is 10.6 Å². The molecule has 0 atom stereocenters. The van der Waals surface area contributed by atoms with Crippen LogP contribution < -0.4 is 15.4 Å². The first-order valence-electron chi connectivity index (χ1n) is 7.02. The zero-order valence-electron chi connectivity index (χ0n) is 12.3. The van der Waals surface area contributed by atoms with Crippen LogP contribution in [-0.4, -0.2) is 25.0 Å². The number of benzene rings is 1. The van der Waals surface area contributed by atoms with Crippen LogP contribution in [-0.2, 0) is 4.79 Å². The normalized spacial score (nSPS) is 10.0. The van der Waals surface area contributed by atoms with Gasteiger partial charge < -0.3 is 15.4 Å². The van der Waals surface area contributed by atoms with Crippen molar-refractivity contribution in [2.24, 2.45) is 0 Å². The fourth-order valence-corrected chi connectivity index (χ4v) is 2.45. The Kier molecular flexibility index (Phi) is 5.97. The van der Waals surface area contributed by atoms with Gasteiger partial charge in [-0.05, 0) is 42.6 Å². The summed E-state index contributed by atoms with van der Waals surface area (Å²) in [5.74, 6) is 0.466. The summed E-state index contributed by atoms with van der Waals surface area (Å²) in [4.78, 5) is 23.5. The summed E-state index contributed by atoms with van der Waals surface area (Å²) in [5, 5.41) is 9.10. The Morgan fingerprint density at radius 1 is 1.18 bits per heavy atom. The molecule has 6 heteroatoms. The van der Waals surface area contributed by atoms with E-state index in [9.17, 15) is 9.59 Å². The summed E-state index contributed by atoms with van der Waals surface area (Å²) in [7, 11) is 0. The number of anilines is 1. The van der Waals surface area contributed by atoms with Gasteiger partial charge in [0.15, 0.2) is 0 Å². The molecule has 0 aliphatic heterocycles. The van der Waals surface area contributed by atoms with E-state index >= 15 is 0 Å². The molecule has 0 radical (unpaired) electrons. The highest BCUT2D eigenvalue weighted by Gasteiger charge is 2.07. The minimum atomic E-state index is -0.157. The van der Waals surface area contributed by atoms with Crippen molar-refractivity contribution >= 4 is 28.8 Å². The SMILES string of the molecule is CCOc1ccc(NC(=O)CCNC(=O)c2ccsc2)cc1. The van der Waals surface area contributed by atoms with Crippen molar-refractivity contribution in [3.05, 3.63) is 46.7 Å². The van der Waals surface area contributed by atoms with Crippen LogP contribution in [0.3, 0.4) is 0 Å². The third-order valence-corrected chi connectivity index (χ3v) is 3.55. The largest absolute Gasteiger partial charge is 0.494 e. The fourth-order valence-electron chi connectivity index (χ4n) is 1.81. The van der Waals surface area contributed by atoms with E-state index in [4.69, 9.17) is 4.74 Å². The Hall–Kier alpha value is -2.34. The van der Waals surface area contributed by atoms with E-state index < -0.39 is 0 Å². The van der Waals surface area contributed by atoms with E-state index in [-0.39, 0.29) is 18.2 Å². The molecule has 22 heavy (non-hydrogen) atoms. The number of amides is 2. The van der Waals surface area contributed by atoms with Gasteiger partial charge in [-0.25, -0.2) is 0 Å². The number of rotatable bonds is 7. The highest BCUT2D eigenvalue weighted by atomic mass is 32.1. The van der Waals surface area contributed by atoms with Crippen molar-refractivity contribution in [2.75, 3.05) is 18.5 Å². The molecule has 0 spiro atoms. The van der Waals surface area contributed by atoms with Crippen molar-refractivity contribution in [2.45, 2.75) is 13.3 Å². The molecule has 0 bridgehead atoms. The summed E-state index contributed by atoms with van der Waals surface area (Å²) in [6, 6.07) is 8.93. The first-order valence-corrected chi connectivity index (χ1v) is 7.96. The Morgan fingerprint density at radius 2 is 1.95 bits per heavy atom. The quantitative estimate of drug-likeness (QED) is 0.825. The van der Waals surface area contributed by atoms with Crippen LogP contribution in [0, 0.1) is 0 Å². The maximum absolute atomic E-state index is 11.8. The van der Waals surface area contributed by atoms with E-state index in [0.717, 1.165) is 5.75 Å². The van der Waals surface area contributed by atoms with E-state index in [1.165, 1.54) is 11.3 Å². The minimum absolute atomic E-state index is 0.144. The summed E-state index contributed by atoms with van der Waals surface area (Å²) < 4.78 is 5.33. The summed E-state index contributed by atoms with van der Waals surface area (Å²) in [5.41, 5.74) is 1.33. The smallest absolute Gasteiger partial charge is 0.252 e. The second-order valence-electron chi connectivity index (χ2n) is 4.52. The molecule has 5 nitrogen and oxygen atoms in total. The van der Waals surface area contributed by atoms with Crippen molar-refractivity contribution in [3.8, 4) is 5.75 Å². The number of carbonyl (C=O) groups excluding carboxylic acids is 2. The Labute approximate surface area is 133 Å². The standard InChI is InChI=1S/C16H18N2O3S/c1-2-21-14-5-3-13(4-6-14)18-15(19)7-9-17-16(20)12-8-10-22-11-12/h3-6,8,10-11H,2,7,9H2,1H3,(H,17,20)(H,18,19). The zero-order valence-corrected chi connectivity index (χ0v) is 13.1. The molecule has 2 aromatic rings. The number of ether oxygens (including phenoxy) is 1. The van der Waals surface area contributed by atoms with Crippen molar-refractivity contribution in [1.29, 1.82) is 0 Å². The first-order chi connectivity index (χ1) is 10.7. The molecule has 0 unspecified atom stereocenters. The van der Waals surface area contributed by atoms with Gasteiger partial charge in [0.1, 0.15) is 5.75 Å². The number of hydrogen-bond donors (Lipinski definition) is 2. The first kappa shape index (κ1) is 16.0. The van der Waals surface area contributed by atoms with E-state index in [0.29, 0.717) is 24.4 Å². The van der Waals surface area contributed by atoms with E-state index in [1.54, 1.807) is 35.7 Å². The zero-order chi connectivity index (χ0) is 15.8. The molecule has 2 rings (SSSR count). The molecular formula is C16H18N2O3S. The molecule has 2 N–H and O–H groups in total. The lowest BCUT2D eigenvalue weighted by atomic mass is 10.3. The molecule has 0 saturated heterocycles. The third kappa shape index (κ3) is 4.89. The van der Waals surface area contributed by atoms with Crippen molar-refractivity contribution in [1.82, 2.24) is 5.32 Å². The Bertz CT molecular complexity index is 609. The summed E-state index contributed by atoms with van der Waals surface area (Å²) >= 11 is 1.46. The molecule has 1 aromatic carbocycles. The monoisotopic (exact) mass is 318 g/mol. The van der Waals surface area contributed by atoms with Gasteiger partial charge in [-0.2, -0.15) is 11.3 Å². The second-order valence-corrected chi connectivity index (χ2v) is 5.30. The molecule has 0 aliphatic rings. The highest BCUT2D eigenvalue weighted by Crippen LogP contribution is 2.15. The minimum Gasteiger partial charge on any atom is -0.494 e. The molecule has 0 saturated carbocycles. The molecule has 1 heterocycles. The Morgan fingerprint density at radius 3 is 2.59 bits per heavy atom. The molecule has 0 fully saturated rings. The molecule has 1 aromatic heterocycles. The van der Waals surface area contributed by atoms with Crippen LogP contribution in [0.15, 0.2) is 41.1 Å². The van der Waals surface area contributed by atoms with E-state index in [1.807, 2.05) is 12.3 Å². The topological polar surface area (TPSA) is 67.4 Å². The molecular weight excluding hydrogens is 300 g/mol. The number of thiophene rings is 1. The average Bonchev–Trinajstić information content (AvgIpc) is 3.04. The molecule has 116 valence electrons. The predicted molar refractivity (Wildman–Crippen MR) is 87.5 cm³/mol. The molecule has 2 amide bonds. The Balaban J connectivity index is 1.72. The fraction of sp³-hybridized carbons (Fsp3) is 0.250. The van der Waals surface area contributed by atoms with Gasteiger partial charge in [0.25, 0.3) is 5.91 Å². The van der Waals surface area contributed by atoms with Crippen LogP contribution in [0.2, 0.25) is 0 Å². The maximum Gasteiger partial charge on any atom is 0.252 e. The van der Waals surface area contributed by atoms with Gasteiger partial charge >= 0.3 is 0 Å². The molecule has 0 aliphatic carbocycles. The summed E-state index contributed by atoms with van der Waals surface area (Å²) in [6.45, 7) is 2.83. The van der Waals surface area contributed by atoms with Gasteiger partial charge in [0, 0.05) is 29.6 Å². The van der Waals surface area contributed by atoms with Crippen LogP contribution in [0.5, 0.6) is 5.75 Å². The van der Waals surface area contributed by atoms with Crippen molar-refractivity contribution in [3.63, 3.8) is 0 Å². The van der Waals surface area contributed by atoms with Gasteiger partial charge in [0.2, 0.25) is 5.91 Å².